The van der Waals surface area contributed by atoms with E-state index in [1.54, 1.807) is 0 Å². The molecule has 0 atom stereocenters. The highest BCUT2D eigenvalue weighted by atomic mass is 32.1. The Morgan fingerprint density at radius 1 is 0.375 bits per heavy atom. The normalized spacial score (nSPS) is 11.5. The van der Waals surface area contributed by atoms with Gasteiger partial charge in [0.05, 0.1) is 0 Å². The van der Waals surface area contributed by atoms with E-state index in [2.05, 4.69) is 157 Å². The molecule has 7 aromatic carbocycles. The summed E-state index contributed by atoms with van der Waals surface area (Å²) < 4.78 is 2.65. The third kappa shape index (κ3) is 3.69. The van der Waals surface area contributed by atoms with Crippen molar-refractivity contribution in [2.24, 2.45) is 0 Å². The van der Waals surface area contributed by atoms with Gasteiger partial charge >= 0.3 is 0 Å². The van der Waals surface area contributed by atoms with Crippen LogP contribution in [0.1, 0.15) is 0 Å². The molecule has 0 radical (unpaired) electrons. The van der Waals surface area contributed by atoms with E-state index in [9.17, 15) is 0 Å². The molecule has 0 aliphatic rings. The zero-order chi connectivity index (χ0) is 26.5. The van der Waals surface area contributed by atoms with E-state index in [1.807, 2.05) is 11.3 Å². The number of para-hydroxylation sites is 2. The van der Waals surface area contributed by atoms with Crippen molar-refractivity contribution < 1.29 is 0 Å². The molecule has 2 heteroatoms. The fraction of sp³-hybridized carbons (Fsp3) is 0. The lowest BCUT2D eigenvalue weighted by atomic mass is 9.92. The molecule has 0 bridgehead atoms. The standard InChI is InChI=1S/C38H25NS/c1-3-14-27(15-4-1)39(28-16-5-2-6-17-28)29-22-23-37-35(24-29)36-25-34(32-19-9-10-20-33(32)38(36)40-37)31-21-11-13-26-12-7-8-18-30(26)31/h1-25H. The lowest BCUT2D eigenvalue weighted by Gasteiger charge is -2.25. The van der Waals surface area contributed by atoms with Gasteiger partial charge in [-0.15, -0.1) is 11.3 Å². The first-order chi connectivity index (χ1) is 19.8. The van der Waals surface area contributed by atoms with Gasteiger partial charge in [-0.1, -0.05) is 103 Å². The Morgan fingerprint density at radius 2 is 1.00 bits per heavy atom. The number of fused-ring (bicyclic) bond motifs is 6. The fourth-order valence-electron chi connectivity index (χ4n) is 6.01. The molecule has 0 spiro atoms. The Balaban J connectivity index is 1.42. The predicted octanol–water partition coefficient (Wildman–Crippen LogP) is 11.5. The second-order valence-electron chi connectivity index (χ2n) is 10.2. The van der Waals surface area contributed by atoms with E-state index in [4.69, 9.17) is 0 Å². The number of nitrogens with zero attached hydrogens (tertiary/aromatic N) is 1. The molecule has 0 unspecified atom stereocenters. The highest BCUT2D eigenvalue weighted by molar-refractivity contribution is 7.26. The summed E-state index contributed by atoms with van der Waals surface area (Å²) in [6.45, 7) is 0. The second-order valence-corrected chi connectivity index (χ2v) is 11.2. The number of rotatable bonds is 4. The Hall–Kier alpha value is -4.92. The minimum absolute atomic E-state index is 1.15. The van der Waals surface area contributed by atoms with Gasteiger partial charge in [0.2, 0.25) is 0 Å². The molecule has 0 saturated carbocycles. The van der Waals surface area contributed by atoms with Gasteiger partial charge < -0.3 is 4.90 Å². The van der Waals surface area contributed by atoms with E-state index < -0.39 is 0 Å². The minimum Gasteiger partial charge on any atom is -0.310 e. The molecule has 0 fully saturated rings. The number of benzene rings is 7. The van der Waals surface area contributed by atoms with Crippen molar-refractivity contribution in [1.29, 1.82) is 0 Å². The summed E-state index contributed by atoms with van der Waals surface area (Å²) in [6.07, 6.45) is 0. The van der Waals surface area contributed by atoms with E-state index in [-0.39, 0.29) is 0 Å². The summed E-state index contributed by atoms with van der Waals surface area (Å²) in [5, 5.41) is 7.77. The summed E-state index contributed by atoms with van der Waals surface area (Å²) in [6, 6.07) is 54.8. The van der Waals surface area contributed by atoms with Crippen molar-refractivity contribution >= 4 is 70.1 Å². The van der Waals surface area contributed by atoms with Crippen molar-refractivity contribution in [3.8, 4) is 11.1 Å². The van der Waals surface area contributed by atoms with Crippen LogP contribution in [0.5, 0.6) is 0 Å². The minimum atomic E-state index is 1.15. The van der Waals surface area contributed by atoms with Gasteiger partial charge in [0, 0.05) is 42.6 Å². The van der Waals surface area contributed by atoms with Gasteiger partial charge in [0.1, 0.15) is 0 Å². The second kappa shape index (κ2) is 9.37. The van der Waals surface area contributed by atoms with Crippen molar-refractivity contribution in [2.45, 2.75) is 0 Å². The van der Waals surface area contributed by atoms with Gasteiger partial charge in [0.25, 0.3) is 0 Å². The third-order valence-corrected chi connectivity index (χ3v) is 9.05. The first kappa shape index (κ1) is 23.0. The van der Waals surface area contributed by atoms with Crippen LogP contribution in [-0.2, 0) is 0 Å². The van der Waals surface area contributed by atoms with E-state index in [0.717, 1.165) is 17.1 Å². The van der Waals surface area contributed by atoms with Crippen LogP contribution in [0.4, 0.5) is 17.1 Å². The van der Waals surface area contributed by atoms with Crippen LogP contribution in [0.15, 0.2) is 152 Å². The molecule has 1 heterocycles. The van der Waals surface area contributed by atoms with Crippen LogP contribution in [0, 0.1) is 0 Å². The molecule has 8 rings (SSSR count). The summed E-state index contributed by atoms with van der Waals surface area (Å²) in [5.41, 5.74) is 6.02. The molecule has 0 aliphatic heterocycles. The molecule has 8 aromatic rings. The van der Waals surface area contributed by atoms with Crippen LogP contribution < -0.4 is 4.90 Å². The Labute approximate surface area is 237 Å². The maximum Gasteiger partial charge on any atom is 0.0468 e. The lowest BCUT2D eigenvalue weighted by molar-refractivity contribution is 1.29. The SMILES string of the molecule is c1ccc(N(c2ccccc2)c2ccc3sc4c5ccccc5c(-c5cccc6ccccc56)cc4c3c2)cc1. The average molecular weight is 528 g/mol. The predicted molar refractivity (Wildman–Crippen MR) is 174 cm³/mol. The Bertz CT molecular complexity index is 2120. The molecular weight excluding hydrogens is 502 g/mol. The zero-order valence-corrected chi connectivity index (χ0v) is 22.6. The highest BCUT2D eigenvalue weighted by Crippen LogP contribution is 2.45. The Kier molecular flexibility index (Phi) is 5.39. The van der Waals surface area contributed by atoms with Crippen LogP contribution in [-0.4, -0.2) is 0 Å². The maximum atomic E-state index is 2.43. The van der Waals surface area contributed by atoms with Gasteiger partial charge in [0.15, 0.2) is 0 Å². The van der Waals surface area contributed by atoms with Crippen LogP contribution in [0.3, 0.4) is 0 Å². The maximum absolute atomic E-state index is 2.43. The first-order valence-corrected chi connectivity index (χ1v) is 14.4. The van der Waals surface area contributed by atoms with E-state index in [1.165, 1.54) is 52.8 Å². The summed E-state index contributed by atoms with van der Waals surface area (Å²) in [4.78, 5) is 2.34. The summed E-state index contributed by atoms with van der Waals surface area (Å²) >= 11 is 1.89. The highest BCUT2D eigenvalue weighted by Gasteiger charge is 2.17. The molecule has 188 valence electrons. The average Bonchev–Trinajstić information content (AvgIpc) is 3.40. The molecule has 1 aromatic heterocycles. The monoisotopic (exact) mass is 527 g/mol. The number of hydrogen-bond donors (Lipinski definition) is 0. The topological polar surface area (TPSA) is 3.24 Å². The fourth-order valence-corrected chi connectivity index (χ4v) is 7.21. The molecule has 40 heavy (non-hydrogen) atoms. The van der Waals surface area contributed by atoms with E-state index >= 15 is 0 Å². The summed E-state index contributed by atoms with van der Waals surface area (Å²) in [5.74, 6) is 0. The van der Waals surface area contributed by atoms with Gasteiger partial charge in [-0.05, 0) is 75.8 Å². The molecule has 0 aliphatic carbocycles. The van der Waals surface area contributed by atoms with Crippen LogP contribution in [0.25, 0.3) is 52.8 Å². The molecule has 0 amide bonds. The quantitative estimate of drug-likeness (QED) is 0.220. The van der Waals surface area contributed by atoms with Crippen molar-refractivity contribution in [1.82, 2.24) is 0 Å². The number of hydrogen-bond acceptors (Lipinski definition) is 2. The van der Waals surface area contributed by atoms with Crippen molar-refractivity contribution in [3.05, 3.63) is 152 Å². The molecular formula is C38H25NS. The van der Waals surface area contributed by atoms with Crippen molar-refractivity contribution in [2.75, 3.05) is 4.90 Å². The van der Waals surface area contributed by atoms with Gasteiger partial charge in [-0.25, -0.2) is 0 Å². The lowest BCUT2D eigenvalue weighted by Crippen LogP contribution is -2.09. The van der Waals surface area contributed by atoms with Crippen LogP contribution in [0.2, 0.25) is 0 Å². The zero-order valence-electron chi connectivity index (χ0n) is 21.8. The van der Waals surface area contributed by atoms with E-state index in [0.29, 0.717) is 0 Å². The Morgan fingerprint density at radius 3 is 1.75 bits per heavy atom. The third-order valence-electron chi connectivity index (χ3n) is 7.83. The van der Waals surface area contributed by atoms with Crippen molar-refractivity contribution in [3.63, 3.8) is 0 Å². The first-order valence-electron chi connectivity index (χ1n) is 13.6. The van der Waals surface area contributed by atoms with Gasteiger partial charge in [-0.2, -0.15) is 0 Å². The van der Waals surface area contributed by atoms with Gasteiger partial charge in [-0.3, -0.25) is 0 Å². The van der Waals surface area contributed by atoms with Crippen LogP contribution >= 0.6 is 11.3 Å². The largest absolute Gasteiger partial charge is 0.310 e. The molecule has 1 nitrogen and oxygen atoms in total. The number of thiophene rings is 1. The molecule has 0 saturated heterocycles. The smallest absolute Gasteiger partial charge is 0.0468 e. The number of anilines is 3. The summed E-state index contributed by atoms with van der Waals surface area (Å²) in [7, 11) is 0. The molecule has 0 N–H and O–H groups in total.